The zero-order valence-electron chi connectivity index (χ0n) is 12.0. The minimum Gasteiger partial charge on any atom is -0.332 e. The van der Waals surface area contributed by atoms with Crippen LogP contribution in [0, 0.1) is 0 Å². The van der Waals surface area contributed by atoms with Crippen LogP contribution < -0.4 is 0 Å². The average Bonchev–Trinajstić information content (AvgIpc) is 2.63. The van der Waals surface area contributed by atoms with E-state index < -0.39 is 39.3 Å². The monoisotopic (exact) mass is 328 g/mol. The van der Waals surface area contributed by atoms with Gasteiger partial charge in [0.15, 0.2) is 9.84 Å². The van der Waals surface area contributed by atoms with Crippen LogP contribution in [0.2, 0.25) is 0 Å². The maximum Gasteiger partial charge on any atom is 0.406 e. The third-order valence-electron chi connectivity index (χ3n) is 4.15. The molecule has 5 nitrogen and oxygen atoms in total. The first-order valence-electron chi connectivity index (χ1n) is 6.75. The second-order valence-electron chi connectivity index (χ2n) is 6.23. The van der Waals surface area contributed by atoms with Gasteiger partial charge in [0.1, 0.15) is 6.54 Å². The molecule has 122 valence electrons. The molecule has 2 aliphatic rings. The first-order valence-corrected chi connectivity index (χ1v) is 8.40. The normalized spacial score (nSPS) is 29.9. The van der Waals surface area contributed by atoms with E-state index in [-0.39, 0.29) is 25.4 Å². The molecule has 0 bridgehead atoms. The van der Waals surface area contributed by atoms with Crippen LogP contribution in [0.5, 0.6) is 0 Å². The van der Waals surface area contributed by atoms with Crippen LogP contribution in [-0.4, -0.2) is 73.0 Å². The lowest BCUT2D eigenvalue weighted by atomic mass is 10.1. The Morgan fingerprint density at radius 1 is 1.29 bits per heavy atom. The SMILES string of the molecule is CC1(C)CN(C2CCN(CC(F)(F)F)C2=O)CCS1(=O)=O. The number of carbonyl (C=O) groups is 1. The number of rotatable bonds is 2. The Morgan fingerprint density at radius 3 is 2.43 bits per heavy atom. The molecule has 0 N–H and O–H groups in total. The van der Waals surface area contributed by atoms with Crippen molar-refractivity contribution >= 4 is 15.7 Å². The third-order valence-corrected chi connectivity index (χ3v) is 6.69. The zero-order chi connectivity index (χ0) is 16.1. The van der Waals surface area contributed by atoms with Crippen LogP contribution in [0.3, 0.4) is 0 Å². The van der Waals surface area contributed by atoms with E-state index in [9.17, 15) is 26.4 Å². The summed E-state index contributed by atoms with van der Waals surface area (Å²) in [4.78, 5) is 14.6. The number of halogens is 3. The number of nitrogens with zero attached hydrogens (tertiary/aromatic N) is 2. The summed E-state index contributed by atoms with van der Waals surface area (Å²) >= 11 is 0. The van der Waals surface area contributed by atoms with Gasteiger partial charge in [-0.2, -0.15) is 13.2 Å². The second kappa shape index (κ2) is 5.12. The molecule has 2 saturated heterocycles. The minimum absolute atomic E-state index is 0.0622. The van der Waals surface area contributed by atoms with Crippen molar-refractivity contribution in [3.63, 3.8) is 0 Å². The fourth-order valence-electron chi connectivity index (χ4n) is 2.88. The molecule has 2 heterocycles. The summed E-state index contributed by atoms with van der Waals surface area (Å²) in [5.41, 5.74) is 0. The van der Waals surface area contributed by atoms with E-state index >= 15 is 0 Å². The van der Waals surface area contributed by atoms with Crippen molar-refractivity contribution in [1.82, 2.24) is 9.80 Å². The van der Waals surface area contributed by atoms with Gasteiger partial charge in [-0.25, -0.2) is 8.42 Å². The molecule has 0 spiro atoms. The molecule has 0 aliphatic carbocycles. The standard InChI is InChI=1S/C12H19F3N2O3S/c1-11(2)7-16(5-6-21(11,19)20)9-3-4-17(10(9)18)8-12(13,14)15/h9H,3-8H2,1-2H3. The van der Waals surface area contributed by atoms with Crippen LogP contribution in [0.1, 0.15) is 20.3 Å². The number of hydrogen-bond acceptors (Lipinski definition) is 4. The minimum atomic E-state index is -4.41. The van der Waals surface area contributed by atoms with Crippen LogP contribution in [0.25, 0.3) is 0 Å². The Hall–Kier alpha value is -0.830. The average molecular weight is 328 g/mol. The van der Waals surface area contributed by atoms with E-state index in [4.69, 9.17) is 0 Å². The van der Waals surface area contributed by atoms with Crippen molar-refractivity contribution in [2.24, 2.45) is 0 Å². The molecular formula is C12H19F3N2O3S. The Kier molecular flexibility index (Phi) is 4.03. The molecule has 2 fully saturated rings. The highest BCUT2D eigenvalue weighted by Crippen LogP contribution is 2.29. The molecule has 0 aromatic rings. The van der Waals surface area contributed by atoms with Crippen LogP contribution >= 0.6 is 0 Å². The van der Waals surface area contributed by atoms with Gasteiger partial charge in [-0.1, -0.05) is 0 Å². The first kappa shape index (κ1) is 16.5. The molecule has 0 radical (unpaired) electrons. The molecule has 1 unspecified atom stereocenters. The van der Waals surface area contributed by atoms with Gasteiger partial charge >= 0.3 is 6.18 Å². The highest BCUT2D eigenvalue weighted by molar-refractivity contribution is 7.92. The van der Waals surface area contributed by atoms with Crippen LogP contribution in [0.15, 0.2) is 0 Å². The summed E-state index contributed by atoms with van der Waals surface area (Å²) in [6.45, 7) is 2.36. The van der Waals surface area contributed by atoms with Gasteiger partial charge in [0, 0.05) is 19.6 Å². The second-order valence-corrected chi connectivity index (χ2v) is 8.97. The highest BCUT2D eigenvalue weighted by atomic mass is 32.2. The molecule has 0 aromatic carbocycles. The summed E-state index contributed by atoms with van der Waals surface area (Å²) in [5, 5.41) is 0. The lowest BCUT2D eigenvalue weighted by Gasteiger charge is -2.39. The van der Waals surface area contributed by atoms with E-state index in [1.54, 1.807) is 18.7 Å². The van der Waals surface area contributed by atoms with Crippen molar-refractivity contribution in [3.8, 4) is 0 Å². The maximum absolute atomic E-state index is 12.4. The molecule has 0 aromatic heterocycles. The van der Waals surface area contributed by atoms with Gasteiger partial charge in [-0.3, -0.25) is 9.69 Å². The number of carbonyl (C=O) groups excluding carboxylic acids is 1. The van der Waals surface area contributed by atoms with Crippen molar-refractivity contribution < 1.29 is 26.4 Å². The molecule has 1 atom stereocenters. The predicted octanol–water partition coefficient (Wildman–Crippen LogP) is 0.659. The topological polar surface area (TPSA) is 57.7 Å². The largest absolute Gasteiger partial charge is 0.406 e. The number of alkyl halides is 3. The lowest BCUT2D eigenvalue weighted by molar-refractivity contribution is -0.159. The molecule has 2 aliphatic heterocycles. The van der Waals surface area contributed by atoms with Crippen molar-refractivity contribution in [1.29, 1.82) is 0 Å². The number of amides is 1. The summed E-state index contributed by atoms with van der Waals surface area (Å²) in [5.74, 6) is -0.620. The van der Waals surface area contributed by atoms with Gasteiger partial charge in [-0.15, -0.1) is 0 Å². The molecule has 2 rings (SSSR count). The molecular weight excluding hydrogens is 309 g/mol. The van der Waals surface area contributed by atoms with E-state index in [2.05, 4.69) is 0 Å². The van der Waals surface area contributed by atoms with Crippen molar-refractivity contribution in [3.05, 3.63) is 0 Å². The Balaban J connectivity index is 2.06. The predicted molar refractivity (Wildman–Crippen MR) is 70.5 cm³/mol. The Labute approximate surface area is 122 Å². The van der Waals surface area contributed by atoms with E-state index in [0.717, 1.165) is 4.90 Å². The summed E-state index contributed by atoms with van der Waals surface area (Å²) in [6.07, 6.45) is -4.10. The fourth-order valence-corrected chi connectivity index (χ4v) is 4.27. The Morgan fingerprint density at radius 2 is 1.90 bits per heavy atom. The summed E-state index contributed by atoms with van der Waals surface area (Å²) < 4.78 is 60.0. The summed E-state index contributed by atoms with van der Waals surface area (Å²) in [7, 11) is -3.23. The zero-order valence-corrected chi connectivity index (χ0v) is 12.8. The first-order chi connectivity index (χ1) is 9.43. The van der Waals surface area contributed by atoms with Gasteiger partial charge in [-0.05, 0) is 20.3 Å². The Bertz CT molecular complexity index is 530. The van der Waals surface area contributed by atoms with Crippen molar-refractivity contribution in [2.75, 3.05) is 31.9 Å². The van der Waals surface area contributed by atoms with Gasteiger partial charge in [0.25, 0.3) is 0 Å². The highest BCUT2D eigenvalue weighted by Gasteiger charge is 2.47. The van der Waals surface area contributed by atoms with E-state index in [1.165, 1.54) is 0 Å². The number of hydrogen-bond donors (Lipinski definition) is 0. The quantitative estimate of drug-likeness (QED) is 0.747. The number of likely N-dealkylation sites (tertiary alicyclic amines) is 1. The van der Waals surface area contributed by atoms with Crippen LogP contribution in [0.4, 0.5) is 13.2 Å². The van der Waals surface area contributed by atoms with Gasteiger partial charge < -0.3 is 4.90 Å². The maximum atomic E-state index is 12.4. The lowest BCUT2D eigenvalue weighted by Crippen LogP contribution is -2.57. The molecule has 0 saturated carbocycles. The smallest absolute Gasteiger partial charge is 0.332 e. The van der Waals surface area contributed by atoms with Gasteiger partial charge in [0.2, 0.25) is 5.91 Å². The number of sulfone groups is 1. The van der Waals surface area contributed by atoms with Gasteiger partial charge in [0.05, 0.1) is 16.5 Å². The van der Waals surface area contributed by atoms with E-state index in [1.807, 2.05) is 0 Å². The fraction of sp³-hybridized carbons (Fsp3) is 0.917. The van der Waals surface area contributed by atoms with Crippen molar-refractivity contribution in [2.45, 2.75) is 37.2 Å². The molecule has 1 amide bonds. The third kappa shape index (κ3) is 3.33. The molecule has 21 heavy (non-hydrogen) atoms. The van der Waals surface area contributed by atoms with Crippen LogP contribution in [-0.2, 0) is 14.6 Å². The molecule has 9 heteroatoms. The summed E-state index contributed by atoms with van der Waals surface area (Å²) in [6, 6.07) is -0.637. The van der Waals surface area contributed by atoms with E-state index in [0.29, 0.717) is 6.42 Å².